The van der Waals surface area contributed by atoms with Crippen molar-refractivity contribution in [2.24, 2.45) is 0 Å². The largest absolute Gasteiger partial charge is 0.320 e. The Kier molecular flexibility index (Phi) is 3.43. The Morgan fingerprint density at radius 3 is 2.29 bits per heavy atom. The molecule has 0 aromatic heterocycles. The maximum Gasteiger partial charge on any atom is 0.273 e. The van der Waals surface area contributed by atoms with Gasteiger partial charge in [0.25, 0.3) is 5.91 Å². The molecule has 0 atom stereocenters. The van der Waals surface area contributed by atoms with Crippen molar-refractivity contribution in [3.8, 4) is 0 Å². The summed E-state index contributed by atoms with van der Waals surface area (Å²) in [5.41, 5.74) is 3.08. The predicted molar refractivity (Wildman–Crippen MR) is 58.3 cm³/mol. The Balaban J connectivity index is 2.52. The van der Waals surface area contributed by atoms with Crippen molar-refractivity contribution >= 4 is 14.2 Å². The van der Waals surface area contributed by atoms with Crippen molar-refractivity contribution in [1.29, 1.82) is 0 Å². The first-order valence-electron chi connectivity index (χ1n) is 4.52. The number of benzene rings is 1. The summed E-state index contributed by atoms with van der Waals surface area (Å²) in [7, 11) is -1.68. The van der Waals surface area contributed by atoms with E-state index in [1.807, 2.05) is 37.8 Å². The third-order valence-corrected chi connectivity index (χ3v) is 2.20. The van der Waals surface area contributed by atoms with Gasteiger partial charge in [0.2, 0.25) is 8.32 Å². The van der Waals surface area contributed by atoms with Gasteiger partial charge in [-0.3, -0.25) is 4.79 Å². The van der Waals surface area contributed by atoms with E-state index in [4.69, 9.17) is 4.53 Å². The number of hydroxylamine groups is 1. The summed E-state index contributed by atoms with van der Waals surface area (Å²) in [6.07, 6.45) is 0. The summed E-state index contributed by atoms with van der Waals surface area (Å²) in [4.78, 5) is 11.5. The zero-order valence-corrected chi connectivity index (χ0v) is 9.70. The van der Waals surface area contributed by atoms with E-state index in [1.165, 1.54) is 0 Å². The number of carbonyl (C=O) groups is 1. The number of rotatable bonds is 3. The molecule has 1 N–H and O–H groups in total. The molecule has 14 heavy (non-hydrogen) atoms. The molecule has 0 radical (unpaired) electrons. The van der Waals surface area contributed by atoms with E-state index in [1.54, 1.807) is 12.1 Å². The van der Waals surface area contributed by atoms with Crippen molar-refractivity contribution in [1.82, 2.24) is 5.48 Å². The molecule has 0 fully saturated rings. The van der Waals surface area contributed by atoms with E-state index < -0.39 is 8.32 Å². The summed E-state index contributed by atoms with van der Waals surface area (Å²) in [6, 6.07) is 9.02. The topological polar surface area (TPSA) is 38.3 Å². The van der Waals surface area contributed by atoms with E-state index in [0.29, 0.717) is 5.56 Å². The molecule has 4 heteroatoms. The number of hydrogen-bond acceptors (Lipinski definition) is 2. The lowest BCUT2D eigenvalue weighted by atomic mass is 10.2. The fraction of sp³-hybridized carbons (Fsp3) is 0.300. The third-order valence-electron chi connectivity index (χ3n) is 1.49. The van der Waals surface area contributed by atoms with E-state index in [-0.39, 0.29) is 5.91 Å². The smallest absolute Gasteiger partial charge is 0.273 e. The molecule has 0 aliphatic carbocycles. The molecule has 0 unspecified atom stereocenters. The minimum atomic E-state index is -1.68. The van der Waals surface area contributed by atoms with Crippen LogP contribution in [-0.2, 0) is 4.53 Å². The molecule has 3 nitrogen and oxygen atoms in total. The quantitative estimate of drug-likeness (QED) is 0.612. The van der Waals surface area contributed by atoms with Crippen LogP contribution in [0.1, 0.15) is 10.4 Å². The first-order chi connectivity index (χ1) is 6.49. The highest BCUT2D eigenvalue weighted by Crippen LogP contribution is 2.02. The Bertz CT molecular complexity index is 306. The van der Waals surface area contributed by atoms with Crippen LogP contribution in [0, 0.1) is 0 Å². The zero-order chi connectivity index (χ0) is 10.6. The standard InChI is InChI=1S/C10H15NO2Si/c1-14(2,3)13-11-10(12)9-7-5-4-6-8-9/h4-8H,1-3H3,(H,11,12). The highest BCUT2D eigenvalue weighted by atomic mass is 28.4. The molecule has 1 aromatic rings. The predicted octanol–water partition coefficient (Wildman–Crippen LogP) is 2.18. The minimum Gasteiger partial charge on any atom is -0.320 e. The number of hydrogen-bond donors (Lipinski definition) is 1. The fourth-order valence-electron chi connectivity index (χ4n) is 0.848. The number of nitrogens with one attached hydrogen (secondary N) is 1. The van der Waals surface area contributed by atoms with Gasteiger partial charge in [-0.2, -0.15) is 0 Å². The SMILES string of the molecule is C[Si](C)(C)ONC(=O)c1ccccc1. The highest BCUT2D eigenvalue weighted by molar-refractivity contribution is 6.69. The monoisotopic (exact) mass is 209 g/mol. The lowest BCUT2D eigenvalue weighted by Gasteiger charge is -2.16. The van der Waals surface area contributed by atoms with Crippen molar-refractivity contribution in [2.45, 2.75) is 19.6 Å². The average molecular weight is 209 g/mol. The summed E-state index contributed by atoms with van der Waals surface area (Å²) in [5, 5.41) is 0. The zero-order valence-electron chi connectivity index (χ0n) is 8.70. The van der Waals surface area contributed by atoms with Gasteiger partial charge in [-0.1, -0.05) is 18.2 Å². The van der Waals surface area contributed by atoms with Crippen LogP contribution in [-0.4, -0.2) is 14.2 Å². The number of amides is 1. The molecule has 76 valence electrons. The molecule has 0 bridgehead atoms. The van der Waals surface area contributed by atoms with Gasteiger partial charge in [-0.25, -0.2) is 5.48 Å². The summed E-state index contributed by atoms with van der Waals surface area (Å²) < 4.78 is 5.28. The van der Waals surface area contributed by atoms with Crippen molar-refractivity contribution < 1.29 is 9.32 Å². The molecular formula is C10H15NO2Si. The highest BCUT2D eigenvalue weighted by Gasteiger charge is 2.16. The lowest BCUT2D eigenvalue weighted by molar-refractivity contribution is 0.0745. The molecule has 1 amide bonds. The maximum atomic E-state index is 11.5. The second kappa shape index (κ2) is 4.39. The molecule has 1 aromatic carbocycles. The molecule has 0 saturated carbocycles. The average Bonchev–Trinajstić information content (AvgIpc) is 2.14. The number of carbonyl (C=O) groups excluding carboxylic acids is 1. The van der Waals surface area contributed by atoms with E-state index in [0.717, 1.165) is 0 Å². The minimum absolute atomic E-state index is 0.187. The van der Waals surface area contributed by atoms with Crippen LogP contribution in [0.2, 0.25) is 19.6 Å². The van der Waals surface area contributed by atoms with Gasteiger partial charge in [0, 0.05) is 5.56 Å². The van der Waals surface area contributed by atoms with Crippen LogP contribution >= 0.6 is 0 Å². The van der Waals surface area contributed by atoms with Gasteiger partial charge in [-0.15, -0.1) is 0 Å². The van der Waals surface area contributed by atoms with Crippen LogP contribution in [0.3, 0.4) is 0 Å². The lowest BCUT2D eigenvalue weighted by Crippen LogP contribution is -2.37. The van der Waals surface area contributed by atoms with Gasteiger partial charge in [0.15, 0.2) is 0 Å². The summed E-state index contributed by atoms with van der Waals surface area (Å²) >= 11 is 0. The van der Waals surface area contributed by atoms with Gasteiger partial charge in [-0.05, 0) is 31.8 Å². The first kappa shape index (κ1) is 10.9. The Morgan fingerprint density at radius 2 is 1.79 bits per heavy atom. The molecule has 0 aliphatic heterocycles. The van der Waals surface area contributed by atoms with Crippen LogP contribution in [0.25, 0.3) is 0 Å². The molecular weight excluding hydrogens is 194 g/mol. The summed E-state index contributed by atoms with van der Waals surface area (Å²) in [5.74, 6) is -0.187. The van der Waals surface area contributed by atoms with E-state index >= 15 is 0 Å². The molecule has 0 heterocycles. The third kappa shape index (κ3) is 3.72. The van der Waals surface area contributed by atoms with Gasteiger partial charge >= 0.3 is 0 Å². The van der Waals surface area contributed by atoms with E-state index in [2.05, 4.69) is 5.48 Å². The van der Waals surface area contributed by atoms with Crippen LogP contribution in [0.15, 0.2) is 30.3 Å². The Labute approximate surface area is 85.2 Å². The van der Waals surface area contributed by atoms with Crippen LogP contribution < -0.4 is 5.48 Å². The molecule has 0 saturated heterocycles. The van der Waals surface area contributed by atoms with Crippen molar-refractivity contribution in [2.75, 3.05) is 0 Å². The maximum absolute atomic E-state index is 11.5. The first-order valence-corrected chi connectivity index (χ1v) is 7.93. The van der Waals surface area contributed by atoms with Gasteiger partial charge in [0.1, 0.15) is 0 Å². The van der Waals surface area contributed by atoms with E-state index in [9.17, 15) is 4.79 Å². The summed E-state index contributed by atoms with van der Waals surface area (Å²) in [6.45, 7) is 6.04. The van der Waals surface area contributed by atoms with Gasteiger partial charge < -0.3 is 4.53 Å². The second-order valence-corrected chi connectivity index (χ2v) is 8.44. The fourth-order valence-corrected chi connectivity index (χ4v) is 1.25. The Hall–Kier alpha value is -1.13. The van der Waals surface area contributed by atoms with Gasteiger partial charge in [0.05, 0.1) is 0 Å². The second-order valence-electron chi connectivity index (χ2n) is 4.01. The van der Waals surface area contributed by atoms with Crippen LogP contribution in [0.5, 0.6) is 0 Å². The van der Waals surface area contributed by atoms with Crippen molar-refractivity contribution in [3.05, 3.63) is 35.9 Å². The molecule has 0 aliphatic rings. The molecule has 0 spiro atoms. The van der Waals surface area contributed by atoms with Crippen LogP contribution in [0.4, 0.5) is 0 Å². The normalized spacial score (nSPS) is 11.1. The molecule has 1 rings (SSSR count). The van der Waals surface area contributed by atoms with Crippen molar-refractivity contribution in [3.63, 3.8) is 0 Å². The Morgan fingerprint density at radius 1 is 1.21 bits per heavy atom.